The van der Waals surface area contributed by atoms with Crippen molar-refractivity contribution in [3.8, 4) is 0 Å². The minimum atomic E-state index is 0.0993. The molecule has 0 saturated carbocycles. The highest BCUT2D eigenvalue weighted by molar-refractivity contribution is 7.98. The molecule has 1 unspecified atom stereocenters. The van der Waals surface area contributed by atoms with Crippen LogP contribution in [0.5, 0.6) is 0 Å². The fourth-order valence-corrected chi connectivity index (χ4v) is 3.20. The summed E-state index contributed by atoms with van der Waals surface area (Å²) >= 11 is 1.71. The zero-order valence-corrected chi connectivity index (χ0v) is 13.2. The van der Waals surface area contributed by atoms with Crippen molar-refractivity contribution in [1.29, 1.82) is 0 Å². The molecule has 1 heterocycles. The van der Waals surface area contributed by atoms with Crippen molar-refractivity contribution in [3.05, 3.63) is 24.3 Å². The number of rotatable bonds is 5. The van der Waals surface area contributed by atoms with E-state index in [0.717, 1.165) is 18.7 Å². The van der Waals surface area contributed by atoms with Gasteiger partial charge < -0.3 is 5.32 Å². The Bertz CT molecular complexity index is 433. The average molecular weight is 292 g/mol. The van der Waals surface area contributed by atoms with Gasteiger partial charge in [-0.25, -0.2) is 0 Å². The van der Waals surface area contributed by atoms with Gasteiger partial charge in [-0.2, -0.15) is 0 Å². The maximum atomic E-state index is 12.1. The molecule has 1 aliphatic rings. The zero-order valence-electron chi connectivity index (χ0n) is 12.4. The first-order valence-electron chi connectivity index (χ1n) is 7.41. The lowest BCUT2D eigenvalue weighted by Crippen LogP contribution is -2.43. The Balaban J connectivity index is 1.87. The number of piperidine rings is 1. The van der Waals surface area contributed by atoms with Gasteiger partial charge in [0.15, 0.2) is 0 Å². The van der Waals surface area contributed by atoms with E-state index < -0.39 is 0 Å². The van der Waals surface area contributed by atoms with Crippen molar-refractivity contribution < 1.29 is 4.79 Å². The highest BCUT2D eigenvalue weighted by Crippen LogP contribution is 2.20. The normalized spacial score (nSPS) is 19.8. The number of benzene rings is 1. The molecule has 110 valence electrons. The molecule has 0 aliphatic carbocycles. The van der Waals surface area contributed by atoms with E-state index in [1.807, 2.05) is 24.3 Å². The molecule has 20 heavy (non-hydrogen) atoms. The third-order valence-electron chi connectivity index (χ3n) is 3.94. The number of amides is 1. The van der Waals surface area contributed by atoms with Crippen LogP contribution in [0.2, 0.25) is 0 Å². The minimum absolute atomic E-state index is 0.0993. The summed E-state index contributed by atoms with van der Waals surface area (Å²) in [4.78, 5) is 15.7. The molecule has 0 radical (unpaired) electrons. The smallest absolute Gasteiger partial charge is 0.238 e. The molecular formula is C16H24N2OS. The number of nitrogens with one attached hydrogen (secondary N) is 1. The van der Waals surface area contributed by atoms with Gasteiger partial charge in [0.2, 0.25) is 5.91 Å². The fourth-order valence-electron chi connectivity index (χ4n) is 2.79. The molecule has 0 bridgehead atoms. The van der Waals surface area contributed by atoms with Gasteiger partial charge >= 0.3 is 0 Å². The lowest BCUT2D eigenvalue weighted by molar-refractivity contribution is -0.118. The Hall–Kier alpha value is -1.00. The van der Waals surface area contributed by atoms with Gasteiger partial charge in [-0.3, -0.25) is 9.69 Å². The second-order valence-corrected chi connectivity index (χ2v) is 6.18. The Labute approximate surface area is 126 Å². The molecule has 0 aromatic heterocycles. The number of thioether (sulfide) groups is 1. The second-order valence-electron chi connectivity index (χ2n) is 5.31. The summed E-state index contributed by atoms with van der Waals surface area (Å²) in [7, 11) is 0. The van der Waals surface area contributed by atoms with Gasteiger partial charge in [0, 0.05) is 16.6 Å². The van der Waals surface area contributed by atoms with Crippen LogP contribution in [0.25, 0.3) is 0 Å². The van der Waals surface area contributed by atoms with Gasteiger partial charge in [-0.05, 0) is 56.3 Å². The number of nitrogens with zero attached hydrogens (tertiary/aromatic N) is 1. The van der Waals surface area contributed by atoms with E-state index in [1.165, 1.54) is 24.2 Å². The van der Waals surface area contributed by atoms with Gasteiger partial charge in [-0.1, -0.05) is 13.3 Å². The summed E-state index contributed by atoms with van der Waals surface area (Å²) in [6.45, 7) is 3.78. The predicted octanol–water partition coefficient (Wildman–Crippen LogP) is 3.61. The van der Waals surface area contributed by atoms with Crippen LogP contribution < -0.4 is 5.32 Å². The van der Waals surface area contributed by atoms with E-state index in [2.05, 4.69) is 23.4 Å². The zero-order chi connectivity index (χ0) is 14.4. The third kappa shape index (κ3) is 4.25. The summed E-state index contributed by atoms with van der Waals surface area (Å²) in [5.41, 5.74) is 0.887. The molecular weight excluding hydrogens is 268 g/mol. The maximum absolute atomic E-state index is 12.1. The monoisotopic (exact) mass is 292 g/mol. The molecule has 0 spiro atoms. The summed E-state index contributed by atoms with van der Waals surface area (Å²) < 4.78 is 0. The van der Waals surface area contributed by atoms with Crippen LogP contribution in [0, 0.1) is 0 Å². The largest absolute Gasteiger partial charge is 0.325 e. The lowest BCUT2D eigenvalue weighted by atomic mass is 10.0. The van der Waals surface area contributed by atoms with Crippen LogP contribution in [0.15, 0.2) is 29.2 Å². The Morgan fingerprint density at radius 1 is 1.35 bits per heavy atom. The summed E-state index contributed by atoms with van der Waals surface area (Å²) in [5, 5.41) is 3.00. The van der Waals surface area contributed by atoms with Crippen LogP contribution in [0.1, 0.15) is 32.6 Å². The summed E-state index contributed by atoms with van der Waals surface area (Å²) in [6, 6.07) is 8.59. The van der Waals surface area contributed by atoms with E-state index >= 15 is 0 Å². The lowest BCUT2D eigenvalue weighted by Gasteiger charge is -2.34. The summed E-state index contributed by atoms with van der Waals surface area (Å²) in [6.07, 6.45) is 6.93. The molecule has 1 aromatic rings. The minimum Gasteiger partial charge on any atom is -0.325 e. The predicted molar refractivity (Wildman–Crippen MR) is 86.4 cm³/mol. The quantitative estimate of drug-likeness (QED) is 0.841. The molecule has 3 nitrogen and oxygen atoms in total. The molecule has 1 N–H and O–H groups in total. The van der Waals surface area contributed by atoms with Crippen molar-refractivity contribution in [2.24, 2.45) is 0 Å². The van der Waals surface area contributed by atoms with Crippen LogP contribution in [-0.2, 0) is 4.79 Å². The fraction of sp³-hybridized carbons (Fsp3) is 0.562. The van der Waals surface area contributed by atoms with E-state index in [4.69, 9.17) is 0 Å². The Morgan fingerprint density at radius 2 is 2.10 bits per heavy atom. The van der Waals surface area contributed by atoms with Crippen molar-refractivity contribution in [3.63, 3.8) is 0 Å². The second kappa shape index (κ2) is 7.70. The SMILES string of the molecule is CCC1CCCCN1CC(=O)Nc1ccc(SC)cc1. The number of anilines is 1. The van der Waals surface area contributed by atoms with Crippen LogP contribution in [0.3, 0.4) is 0 Å². The van der Waals surface area contributed by atoms with Crippen molar-refractivity contribution in [1.82, 2.24) is 4.90 Å². The van der Waals surface area contributed by atoms with E-state index in [0.29, 0.717) is 12.6 Å². The van der Waals surface area contributed by atoms with Gasteiger partial charge in [0.1, 0.15) is 0 Å². The first-order valence-corrected chi connectivity index (χ1v) is 8.63. The number of carbonyl (C=O) groups excluding carboxylic acids is 1. The van der Waals surface area contributed by atoms with Gasteiger partial charge in [0.25, 0.3) is 0 Å². The molecule has 1 aliphatic heterocycles. The number of likely N-dealkylation sites (tertiary alicyclic amines) is 1. The highest BCUT2D eigenvalue weighted by atomic mass is 32.2. The van der Waals surface area contributed by atoms with Crippen LogP contribution in [0.4, 0.5) is 5.69 Å². The van der Waals surface area contributed by atoms with E-state index in [1.54, 1.807) is 11.8 Å². The van der Waals surface area contributed by atoms with Crippen LogP contribution >= 0.6 is 11.8 Å². The molecule has 1 fully saturated rings. The van der Waals surface area contributed by atoms with Crippen LogP contribution in [-0.4, -0.2) is 36.2 Å². The molecule has 1 saturated heterocycles. The third-order valence-corrected chi connectivity index (χ3v) is 4.68. The molecule has 1 aromatic carbocycles. The van der Waals surface area contributed by atoms with Crippen molar-refractivity contribution in [2.75, 3.05) is 24.7 Å². The topological polar surface area (TPSA) is 32.3 Å². The number of carbonyl (C=O) groups is 1. The van der Waals surface area contributed by atoms with Crippen molar-refractivity contribution in [2.45, 2.75) is 43.5 Å². The van der Waals surface area contributed by atoms with Gasteiger partial charge in [-0.15, -0.1) is 11.8 Å². The number of hydrogen-bond acceptors (Lipinski definition) is 3. The van der Waals surface area contributed by atoms with Gasteiger partial charge in [0.05, 0.1) is 6.54 Å². The Morgan fingerprint density at radius 3 is 2.75 bits per heavy atom. The van der Waals surface area contributed by atoms with E-state index in [9.17, 15) is 4.79 Å². The maximum Gasteiger partial charge on any atom is 0.238 e. The average Bonchev–Trinajstić information content (AvgIpc) is 2.48. The van der Waals surface area contributed by atoms with Crippen molar-refractivity contribution >= 4 is 23.4 Å². The molecule has 1 atom stereocenters. The first-order chi connectivity index (χ1) is 9.72. The molecule has 1 amide bonds. The standard InChI is InChI=1S/C16H24N2OS/c1-3-14-6-4-5-11-18(14)12-16(19)17-13-7-9-15(20-2)10-8-13/h7-10,14H,3-6,11-12H2,1-2H3,(H,17,19). The summed E-state index contributed by atoms with van der Waals surface area (Å²) in [5.74, 6) is 0.0993. The Kier molecular flexibility index (Phi) is 5.92. The highest BCUT2D eigenvalue weighted by Gasteiger charge is 2.22. The van der Waals surface area contributed by atoms with E-state index in [-0.39, 0.29) is 5.91 Å². The first kappa shape index (κ1) is 15.4. The molecule has 2 rings (SSSR count). The molecule has 4 heteroatoms. The number of hydrogen-bond donors (Lipinski definition) is 1.